The van der Waals surface area contributed by atoms with Gasteiger partial charge in [0, 0.05) is 5.54 Å². The number of rotatable bonds is 4. The van der Waals surface area contributed by atoms with Crippen LogP contribution in [0, 0.1) is 13.8 Å². The molecule has 3 rings (SSSR count). The molecular weight excluding hydrogens is 282 g/mol. The van der Waals surface area contributed by atoms with Crippen LogP contribution in [0.4, 0.5) is 5.13 Å². The van der Waals surface area contributed by atoms with E-state index < -0.39 is 0 Å². The molecule has 1 heterocycles. The maximum atomic E-state index is 12.4. The number of nitrogens with one attached hydrogen (secondary N) is 1. The number of nitrogens with two attached hydrogens (primary N) is 1. The molecule has 21 heavy (non-hydrogen) atoms. The van der Waals surface area contributed by atoms with Gasteiger partial charge < -0.3 is 11.1 Å². The topological polar surface area (TPSA) is 68.0 Å². The first-order valence-electron chi connectivity index (χ1n) is 7.09. The van der Waals surface area contributed by atoms with Gasteiger partial charge >= 0.3 is 0 Å². The summed E-state index contributed by atoms with van der Waals surface area (Å²) in [6, 6.07) is 8.34. The molecule has 3 N–H and O–H groups in total. The predicted molar refractivity (Wildman–Crippen MR) is 85.6 cm³/mol. The highest BCUT2D eigenvalue weighted by Crippen LogP contribution is 2.39. The van der Waals surface area contributed by atoms with E-state index in [2.05, 4.69) is 29.4 Å². The third kappa shape index (κ3) is 2.93. The number of nitrogens with zero attached hydrogens (tertiary/aromatic N) is 1. The van der Waals surface area contributed by atoms with Crippen molar-refractivity contribution < 1.29 is 4.79 Å². The van der Waals surface area contributed by atoms with Crippen LogP contribution in [-0.4, -0.2) is 16.4 Å². The molecule has 5 heteroatoms. The lowest BCUT2D eigenvalue weighted by atomic mass is 9.99. The highest BCUT2D eigenvalue weighted by atomic mass is 32.1. The summed E-state index contributed by atoms with van der Waals surface area (Å²) in [5, 5.41) is 3.64. The summed E-state index contributed by atoms with van der Waals surface area (Å²) in [7, 11) is 0. The lowest BCUT2D eigenvalue weighted by Crippen LogP contribution is -2.38. The second kappa shape index (κ2) is 5.15. The fourth-order valence-electron chi connectivity index (χ4n) is 2.60. The predicted octanol–water partition coefficient (Wildman–Crippen LogP) is 2.85. The molecule has 0 radical (unpaired) electrons. The van der Waals surface area contributed by atoms with Crippen LogP contribution in [0.1, 0.15) is 39.3 Å². The summed E-state index contributed by atoms with van der Waals surface area (Å²) < 4.78 is 0. The monoisotopic (exact) mass is 301 g/mol. The first-order chi connectivity index (χ1) is 9.99. The molecule has 0 saturated heterocycles. The van der Waals surface area contributed by atoms with Crippen molar-refractivity contribution in [3.63, 3.8) is 0 Å². The Kier molecular flexibility index (Phi) is 3.45. The zero-order valence-corrected chi connectivity index (χ0v) is 13.1. The number of thiazole rings is 1. The van der Waals surface area contributed by atoms with Crippen molar-refractivity contribution in [2.45, 2.75) is 38.6 Å². The maximum Gasteiger partial charge on any atom is 0.263 e. The number of carbonyl (C=O) groups is 1. The summed E-state index contributed by atoms with van der Waals surface area (Å²) in [6.07, 6.45) is 2.94. The number of nitrogen functional groups attached to an aromatic ring is 1. The summed E-state index contributed by atoms with van der Waals surface area (Å²) in [5.74, 6) is -0.0483. The zero-order chi connectivity index (χ0) is 15.0. The Hall–Kier alpha value is -1.88. The molecule has 1 amide bonds. The van der Waals surface area contributed by atoms with Gasteiger partial charge in [0.15, 0.2) is 5.13 Å². The highest BCUT2D eigenvalue weighted by Gasteiger charge is 2.44. The molecule has 1 aliphatic rings. The highest BCUT2D eigenvalue weighted by molar-refractivity contribution is 7.17. The van der Waals surface area contributed by atoms with Crippen LogP contribution in [0.3, 0.4) is 0 Å². The molecule has 0 spiro atoms. The lowest BCUT2D eigenvalue weighted by Gasteiger charge is -2.18. The van der Waals surface area contributed by atoms with Crippen LogP contribution < -0.4 is 11.1 Å². The minimum Gasteiger partial charge on any atom is -0.375 e. The Morgan fingerprint density at radius 1 is 1.38 bits per heavy atom. The van der Waals surface area contributed by atoms with Crippen LogP contribution in [0.25, 0.3) is 0 Å². The van der Waals surface area contributed by atoms with E-state index in [-0.39, 0.29) is 11.4 Å². The van der Waals surface area contributed by atoms with Crippen LogP contribution in [0.15, 0.2) is 24.3 Å². The van der Waals surface area contributed by atoms with Crippen molar-refractivity contribution in [1.82, 2.24) is 10.3 Å². The normalized spacial score (nSPS) is 15.7. The number of hydrogen-bond acceptors (Lipinski definition) is 4. The van der Waals surface area contributed by atoms with Crippen LogP contribution >= 0.6 is 11.3 Å². The Balaban J connectivity index is 1.74. The Morgan fingerprint density at radius 2 is 2.10 bits per heavy atom. The number of benzene rings is 1. The van der Waals surface area contributed by atoms with Crippen LogP contribution in [-0.2, 0) is 6.42 Å². The maximum absolute atomic E-state index is 12.4. The van der Waals surface area contributed by atoms with Crippen molar-refractivity contribution in [3.8, 4) is 0 Å². The molecule has 1 aromatic carbocycles. The van der Waals surface area contributed by atoms with E-state index >= 15 is 0 Å². The summed E-state index contributed by atoms with van der Waals surface area (Å²) in [5.41, 5.74) is 8.86. The summed E-state index contributed by atoms with van der Waals surface area (Å²) >= 11 is 1.26. The quantitative estimate of drug-likeness (QED) is 0.912. The SMILES string of the molecule is Cc1ccccc1CC1(NC(=O)c2sc(N)nc2C)CC1. The second-order valence-electron chi connectivity index (χ2n) is 5.80. The van der Waals surface area contributed by atoms with Crippen molar-refractivity contribution in [1.29, 1.82) is 0 Å². The lowest BCUT2D eigenvalue weighted by molar-refractivity contribution is 0.0934. The molecule has 2 aromatic rings. The summed E-state index contributed by atoms with van der Waals surface area (Å²) in [4.78, 5) is 17.2. The van der Waals surface area contributed by atoms with Gasteiger partial charge in [-0.05, 0) is 44.2 Å². The first-order valence-corrected chi connectivity index (χ1v) is 7.91. The molecule has 0 unspecified atom stereocenters. The second-order valence-corrected chi connectivity index (χ2v) is 6.84. The fraction of sp³-hybridized carbons (Fsp3) is 0.375. The van der Waals surface area contributed by atoms with Gasteiger partial charge in [0.1, 0.15) is 4.88 Å². The van der Waals surface area contributed by atoms with Crippen molar-refractivity contribution in [2.24, 2.45) is 0 Å². The van der Waals surface area contributed by atoms with E-state index in [1.165, 1.54) is 22.5 Å². The molecule has 1 fully saturated rings. The van der Waals surface area contributed by atoms with Crippen molar-refractivity contribution in [3.05, 3.63) is 46.0 Å². The van der Waals surface area contributed by atoms with Gasteiger partial charge in [-0.25, -0.2) is 4.98 Å². The smallest absolute Gasteiger partial charge is 0.263 e. The summed E-state index contributed by atoms with van der Waals surface area (Å²) in [6.45, 7) is 3.93. The van der Waals surface area contributed by atoms with E-state index in [1.807, 2.05) is 19.1 Å². The molecule has 110 valence electrons. The van der Waals surface area contributed by atoms with Gasteiger partial charge in [0.2, 0.25) is 0 Å². The van der Waals surface area contributed by atoms with E-state index in [0.717, 1.165) is 19.3 Å². The standard InChI is InChI=1S/C16H19N3OS/c1-10-5-3-4-6-12(10)9-16(7-8-16)19-14(20)13-11(2)18-15(17)21-13/h3-6H,7-9H2,1-2H3,(H2,17,18)(H,19,20). The van der Waals surface area contributed by atoms with Gasteiger partial charge in [-0.1, -0.05) is 35.6 Å². The van der Waals surface area contributed by atoms with E-state index in [9.17, 15) is 4.79 Å². The first kappa shape index (κ1) is 14.1. The molecule has 1 saturated carbocycles. The minimum atomic E-state index is -0.0889. The Labute approximate surface area is 128 Å². The average Bonchev–Trinajstić information content (AvgIpc) is 3.08. The van der Waals surface area contributed by atoms with E-state index in [1.54, 1.807) is 0 Å². The Morgan fingerprint density at radius 3 is 2.67 bits per heavy atom. The van der Waals surface area contributed by atoms with Crippen LogP contribution in [0.2, 0.25) is 0 Å². The number of aryl methyl sites for hydroxylation is 2. The third-order valence-corrected chi connectivity index (χ3v) is 5.03. The molecule has 1 aliphatic carbocycles. The van der Waals surface area contributed by atoms with Crippen LogP contribution in [0.5, 0.6) is 0 Å². The van der Waals surface area contributed by atoms with Crippen molar-refractivity contribution in [2.75, 3.05) is 5.73 Å². The average molecular weight is 301 g/mol. The number of carbonyl (C=O) groups excluding carboxylic acids is 1. The number of amides is 1. The third-order valence-electron chi connectivity index (χ3n) is 4.04. The molecule has 1 aromatic heterocycles. The number of aromatic nitrogens is 1. The number of anilines is 1. The largest absolute Gasteiger partial charge is 0.375 e. The molecule has 0 aliphatic heterocycles. The molecule has 0 atom stereocenters. The minimum absolute atomic E-state index is 0.0483. The van der Waals surface area contributed by atoms with E-state index in [4.69, 9.17) is 5.73 Å². The Bertz CT molecular complexity index is 689. The van der Waals surface area contributed by atoms with E-state index in [0.29, 0.717) is 15.7 Å². The van der Waals surface area contributed by atoms with Gasteiger partial charge in [-0.3, -0.25) is 4.79 Å². The van der Waals surface area contributed by atoms with Gasteiger partial charge in [-0.2, -0.15) is 0 Å². The molecule has 4 nitrogen and oxygen atoms in total. The van der Waals surface area contributed by atoms with Gasteiger partial charge in [0.25, 0.3) is 5.91 Å². The fourth-order valence-corrected chi connectivity index (χ4v) is 3.32. The number of hydrogen-bond donors (Lipinski definition) is 2. The van der Waals surface area contributed by atoms with Gasteiger partial charge in [-0.15, -0.1) is 0 Å². The van der Waals surface area contributed by atoms with Crippen molar-refractivity contribution >= 4 is 22.4 Å². The zero-order valence-electron chi connectivity index (χ0n) is 12.3. The molecular formula is C16H19N3OS. The molecule has 0 bridgehead atoms. The van der Waals surface area contributed by atoms with Gasteiger partial charge in [0.05, 0.1) is 5.69 Å².